The summed E-state index contributed by atoms with van der Waals surface area (Å²) >= 11 is 0. The maximum absolute atomic E-state index is 12.9. The fourth-order valence-corrected chi connectivity index (χ4v) is 3.29. The molecule has 1 unspecified atom stereocenters. The number of halogens is 3. The highest BCUT2D eigenvalue weighted by Crippen LogP contribution is 2.29. The monoisotopic (exact) mass is 378 g/mol. The van der Waals surface area contributed by atoms with Gasteiger partial charge in [-0.1, -0.05) is 0 Å². The van der Waals surface area contributed by atoms with E-state index in [0.717, 1.165) is 43.0 Å². The molecule has 1 atom stereocenters. The maximum atomic E-state index is 12.9. The zero-order valence-electron chi connectivity index (χ0n) is 14.5. The van der Waals surface area contributed by atoms with Gasteiger partial charge in [-0.2, -0.15) is 13.2 Å². The average molecular weight is 378 g/mol. The van der Waals surface area contributed by atoms with Gasteiger partial charge in [0.05, 0.1) is 6.33 Å². The molecule has 1 aliphatic heterocycles. The van der Waals surface area contributed by atoms with Crippen LogP contribution in [0.25, 0.3) is 11.2 Å². The summed E-state index contributed by atoms with van der Waals surface area (Å²) < 4.78 is 38.8. The molecule has 0 radical (unpaired) electrons. The molecular formula is C16H17F3N8. The molecule has 0 aromatic carbocycles. The number of hydrogen-bond acceptors (Lipinski definition) is 7. The fourth-order valence-electron chi connectivity index (χ4n) is 3.29. The second-order valence-corrected chi connectivity index (χ2v) is 6.39. The number of hydrogen-bond donors (Lipinski definition) is 1. The predicted octanol–water partition coefficient (Wildman–Crippen LogP) is 2.27. The van der Waals surface area contributed by atoms with Gasteiger partial charge in [-0.05, 0) is 18.9 Å². The maximum Gasteiger partial charge on any atom is 0.433 e. The Labute approximate surface area is 152 Å². The zero-order valence-corrected chi connectivity index (χ0v) is 14.5. The van der Waals surface area contributed by atoms with Gasteiger partial charge in [0.1, 0.15) is 17.5 Å². The number of piperidine rings is 1. The third kappa shape index (κ3) is 3.36. The SMILES string of the molecule is CN(c1nccc(C(F)(F)F)n1)C1CCCN(c2ncnc3nc[nH]c23)C1. The van der Waals surface area contributed by atoms with Gasteiger partial charge in [-0.3, -0.25) is 0 Å². The summed E-state index contributed by atoms with van der Waals surface area (Å²) in [5, 5.41) is 0. The van der Waals surface area contributed by atoms with Crippen molar-refractivity contribution in [2.45, 2.75) is 25.1 Å². The molecule has 0 spiro atoms. The van der Waals surface area contributed by atoms with E-state index in [1.807, 2.05) is 0 Å². The summed E-state index contributed by atoms with van der Waals surface area (Å²) in [6, 6.07) is 0.829. The number of nitrogens with one attached hydrogen (secondary N) is 1. The molecular weight excluding hydrogens is 361 g/mol. The molecule has 3 aromatic rings. The summed E-state index contributed by atoms with van der Waals surface area (Å²) in [5.41, 5.74) is 0.384. The molecule has 0 saturated carbocycles. The van der Waals surface area contributed by atoms with E-state index in [9.17, 15) is 13.2 Å². The highest BCUT2D eigenvalue weighted by molar-refractivity contribution is 5.82. The third-order valence-electron chi connectivity index (χ3n) is 4.70. The van der Waals surface area contributed by atoms with Crippen molar-refractivity contribution in [2.24, 2.45) is 0 Å². The number of aromatic amines is 1. The number of nitrogens with zero attached hydrogens (tertiary/aromatic N) is 7. The first-order chi connectivity index (χ1) is 12.9. The van der Waals surface area contributed by atoms with Crippen molar-refractivity contribution >= 4 is 22.9 Å². The number of likely N-dealkylation sites (N-methyl/N-ethyl adjacent to an activating group) is 1. The Balaban J connectivity index is 1.57. The molecule has 1 fully saturated rings. The number of imidazole rings is 1. The zero-order chi connectivity index (χ0) is 19.0. The number of alkyl halides is 3. The summed E-state index contributed by atoms with van der Waals surface area (Å²) in [5.74, 6) is 0.798. The lowest BCUT2D eigenvalue weighted by molar-refractivity contribution is -0.141. The van der Waals surface area contributed by atoms with Crippen LogP contribution in [0.5, 0.6) is 0 Å². The van der Waals surface area contributed by atoms with E-state index in [1.165, 1.54) is 6.33 Å². The lowest BCUT2D eigenvalue weighted by Gasteiger charge is -2.38. The fraction of sp³-hybridized carbons (Fsp3) is 0.438. The van der Waals surface area contributed by atoms with Crippen LogP contribution in [-0.2, 0) is 6.18 Å². The van der Waals surface area contributed by atoms with Crippen LogP contribution in [0.1, 0.15) is 18.5 Å². The Morgan fingerprint density at radius 2 is 2.07 bits per heavy atom. The van der Waals surface area contributed by atoms with E-state index in [2.05, 4.69) is 34.8 Å². The van der Waals surface area contributed by atoms with E-state index in [4.69, 9.17) is 0 Å². The van der Waals surface area contributed by atoms with Crippen molar-refractivity contribution in [3.63, 3.8) is 0 Å². The third-order valence-corrected chi connectivity index (χ3v) is 4.70. The largest absolute Gasteiger partial charge is 0.433 e. The van der Waals surface area contributed by atoms with Crippen molar-refractivity contribution < 1.29 is 13.2 Å². The number of rotatable bonds is 3. The summed E-state index contributed by atoms with van der Waals surface area (Å²) in [4.78, 5) is 27.2. The van der Waals surface area contributed by atoms with Gasteiger partial charge >= 0.3 is 6.18 Å². The van der Waals surface area contributed by atoms with Crippen LogP contribution in [0.2, 0.25) is 0 Å². The topological polar surface area (TPSA) is 86.7 Å². The molecule has 8 nitrogen and oxygen atoms in total. The van der Waals surface area contributed by atoms with Gasteiger partial charge in [0.25, 0.3) is 0 Å². The minimum absolute atomic E-state index is 0.0461. The molecule has 1 aliphatic rings. The van der Waals surface area contributed by atoms with E-state index in [1.54, 1.807) is 18.3 Å². The van der Waals surface area contributed by atoms with Crippen LogP contribution in [-0.4, -0.2) is 56.1 Å². The quantitative estimate of drug-likeness (QED) is 0.748. The summed E-state index contributed by atoms with van der Waals surface area (Å²) in [6.07, 6.45) is 1.36. The van der Waals surface area contributed by atoms with Crippen LogP contribution < -0.4 is 9.80 Å². The van der Waals surface area contributed by atoms with Crippen molar-refractivity contribution in [1.82, 2.24) is 29.9 Å². The number of fused-ring (bicyclic) bond motifs is 1. The van der Waals surface area contributed by atoms with E-state index in [-0.39, 0.29) is 12.0 Å². The van der Waals surface area contributed by atoms with Crippen LogP contribution in [0.3, 0.4) is 0 Å². The smallest absolute Gasteiger partial charge is 0.353 e. The molecule has 0 bridgehead atoms. The lowest BCUT2D eigenvalue weighted by atomic mass is 10.0. The number of aromatic nitrogens is 6. The van der Waals surface area contributed by atoms with E-state index in [0.29, 0.717) is 12.2 Å². The van der Waals surface area contributed by atoms with Crippen LogP contribution in [0, 0.1) is 0 Å². The molecule has 1 N–H and O–H groups in total. The van der Waals surface area contributed by atoms with Gasteiger partial charge in [0.15, 0.2) is 11.5 Å². The van der Waals surface area contributed by atoms with Crippen LogP contribution in [0.15, 0.2) is 24.9 Å². The molecule has 1 saturated heterocycles. The van der Waals surface area contributed by atoms with Crippen molar-refractivity contribution in [2.75, 3.05) is 29.9 Å². The summed E-state index contributed by atoms with van der Waals surface area (Å²) in [7, 11) is 1.72. The van der Waals surface area contributed by atoms with Crippen LogP contribution >= 0.6 is 0 Å². The van der Waals surface area contributed by atoms with Crippen molar-refractivity contribution in [3.05, 3.63) is 30.6 Å². The minimum atomic E-state index is -4.50. The molecule has 3 aromatic heterocycles. The van der Waals surface area contributed by atoms with Gasteiger partial charge in [0, 0.05) is 32.4 Å². The highest BCUT2D eigenvalue weighted by Gasteiger charge is 2.34. The highest BCUT2D eigenvalue weighted by atomic mass is 19.4. The average Bonchev–Trinajstić information content (AvgIpc) is 3.16. The molecule has 4 rings (SSSR count). The second-order valence-electron chi connectivity index (χ2n) is 6.39. The minimum Gasteiger partial charge on any atom is -0.353 e. The first-order valence-corrected chi connectivity index (χ1v) is 8.45. The van der Waals surface area contributed by atoms with Gasteiger partial charge in [-0.25, -0.2) is 24.9 Å². The molecule has 0 amide bonds. The standard InChI is InChI=1S/C16H17F3N8/c1-26(15-20-5-4-11(25-15)16(17,18)19)10-3-2-6-27(7-10)14-12-13(22-8-21-12)23-9-24-14/h4-5,8-10H,2-3,6-7H2,1H3,(H,21,22,23,24). The number of anilines is 2. The molecule has 4 heterocycles. The molecule has 27 heavy (non-hydrogen) atoms. The second kappa shape index (κ2) is 6.63. The Bertz CT molecular complexity index is 941. The Morgan fingerprint density at radius 1 is 1.22 bits per heavy atom. The Hall–Kier alpha value is -2.98. The predicted molar refractivity (Wildman–Crippen MR) is 92.4 cm³/mol. The summed E-state index contributed by atoms with van der Waals surface area (Å²) in [6.45, 7) is 1.38. The Morgan fingerprint density at radius 3 is 2.89 bits per heavy atom. The van der Waals surface area contributed by atoms with Gasteiger partial charge < -0.3 is 14.8 Å². The van der Waals surface area contributed by atoms with Gasteiger partial charge in [-0.15, -0.1) is 0 Å². The number of H-pyrrole nitrogens is 1. The van der Waals surface area contributed by atoms with Crippen LogP contribution in [0.4, 0.5) is 24.9 Å². The Kier molecular flexibility index (Phi) is 4.28. The molecule has 0 aliphatic carbocycles. The first-order valence-electron chi connectivity index (χ1n) is 8.45. The normalized spacial score (nSPS) is 18.1. The lowest BCUT2D eigenvalue weighted by Crippen LogP contribution is -2.47. The van der Waals surface area contributed by atoms with Gasteiger partial charge in [0.2, 0.25) is 5.95 Å². The van der Waals surface area contributed by atoms with Crippen molar-refractivity contribution in [1.29, 1.82) is 0 Å². The molecule has 11 heteroatoms. The van der Waals surface area contributed by atoms with E-state index >= 15 is 0 Å². The molecule has 142 valence electrons. The first kappa shape index (κ1) is 17.4. The van der Waals surface area contributed by atoms with E-state index < -0.39 is 11.9 Å². The van der Waals surface area contributed by atoms with Crippen molar-refractivity contribution in [3.8, 4) is 0 Å².